The molecule has 0 aliphatic carbocycles. The van der Waals surface area contributed by atoms with Crippen LogP contribution >= 0.6 is 0 Å². The summed E-state index contributed by atoms with van der Waals surface area (Å²) in [7, 11) is 1.37. The molecule has 0 aromatic heterocycles. The van der Waals surface area contributed by atoms with E-state index in [-0.39, 0.29) is 5.97 Å². The molecule has 0 amide bonds. The summed E-state index contributed by atoms with van der Waals surface area (Å²) in [6.45, 7) is 7.90. The molecule has 1 aromatic rings. The molecule has 1 rings (SSSR count). The third-order valence-electron chi connectivity index (χ3n) is 2.84. The highest BCUT2D eigenvalue weighted by molar-refractivity contribution is 5.89. The number of ether oxygens (including phenoxy) is 1. The molecule has 0 radical (unpaired) electrons. The second-order valence-electron chi connectivity index (χ2n) is 5.30. The van der Waals surface area contributed by atoms with Crippen LogP contribution in [0.2, 0.25) is 0 Å². The lowest BCUT2D eigenvalue weighted by atomic mass is 10.1. The Balaban J connectivity index is 2.68. The second-order valence-corrected chi connectivity index (χ2v) is 5.30. The van der Waals surface area contributed by atoms with Crippen LogP contribution in [0.4, 0.5) is 0 Å². The Morgan fingerprint density at radius 1 is 1.32 bits per heavy atom. The highest BCUT2D eigenvalue weighted by atomic mass is 16.5. The fourth-order valence-electron chi connectivity index (χ4n) is 1.95. The number of rotatable bonds is 6. The summed E-state index contributed by atoms with van der Waals surface area (Å²) in [4.78, 5) is 13.5. The molecule has 0 atom stereocenters. The summed E-state index contributed by atoms with van der Waals surface area (Å²) in [6, 6.07) is 7.36. The van der Waals surface area contributed by atoms with Crippen molar-refractivity contribution in [2.45, 2.75) is 32.9 Å². The number of aliphatic hydroxyl groups is 1. The number of hydrogen-bond acceptors (Lipinski definition) is 4. The fourth-order valence-corrected chi connectivity index (χ4v) is 1.95. The van der Waals surface area contributed by atoms with E-state index in [1.54, 1.807) is 26.0 Å². The maximum Gasteiger partial charge on any atom is 0.337 e. The molecule has 4 nitrogen and oxygen atoms in total. The summed E-state index contributed by atoms with van der Waals surface area (Å²) < 4.78 is 4.66. The van der Waals surface area contributed by atoms with Crippen molar-refractivity contribution in [1.82, 2.24) is 4.90 Å². The van der Waals surface area contributed by atoms with Crippen molar-refractivity contribution in [1.29, 1.82) is 0 Å². The minimum Gasteiger partial charge on any atom is -0.465 e. The van der Waals surface area contributed by atoms with Crippen molar-refractivity contribution < 1.29 is 14.6 Å². The molecular weight excluding hydrogens is 242 g/mol. The minimum atomic E-state index is -0.706. The summed E-state index contributed by atoms with van der Waals surface area (Å²) in [5.41, 5.74) is 0.956. The quantitative estimate of drug-likeness (QED) is 0.800. The number of nitrogens with zero attached hydrogens (tertiary/aromatic N) is 1. The number of carbonyl (C=O) groups is 1. The Morgan fingerprint density at radius 3 is 2.32 bits per heavy atom. The van der Waals surface area contributed by atoms with Gasteiger partial charge in [0.05, 0.1) is 18.3 Å². The maximum atomic E-state index is 11.3. The van der Waals surface area contributed by atoms with Gasteiger partial charge in [0.15, 0.2) is 0 Å². The van der Waals surface area contributed by atoms with E-state index >= 15 is 0 Å². The molecule has 0 heterocycles. The van der Waals surface area contributed by atoms with Gasteiger partial charge in [-0.1, -0.05) is 19.1 Å². The Labute approximate surface area is 115 Å². The average molecular weight is 265 g/mol. The van der Waals surface area contributed by atoms with E-state index in [0.717, 1.165) is 18.7 Å². The van der Waals surface area contributed by atoms with Crippen LogP contribution in [0.1, 0.15) is 36.7 Å². The average Bonchev–Trinajstić information content (AvgIpc) is 2.36. The molecule has 0 saturated carbocycles. The Hall–Kier alpha value is -1.39. The van der Waals surface area contributed by atoms with Crippen molar-refractivity contribution in [3.05, 3.63) is 35.4 Å². The number of hydrogen-bond donors (Lipinski definition) is 1. The van der Waals surface area contributed by atoms with Gasteiger partial charge in [-0.05, 0) is 38.1 Å². The zero-order valence-corrected chi connectivity index (χ0v) is 12.1. The van der Waals surface area contributed by atoms with Crippen LogP contribution in [0.25, 0.3) is 0 Å². The summed E-state index contributed by atoms with van der Waals surface area (Å²) >= 11 is 0. The van der Waals surface area contributed by atoms with E-state index < -0.39 is 5.60 Å². The summed E-state index contributed by atoms with van der Waals surface area (Å²) in [5, 5.41) is 9.84. The lowest BCUT2D eigenvalue weighted by molar-refractivity contribution is 0.0353. The van der Waals surface area contributed by atoms with Crippen molar-refractivity contribution in [3.8, 4) is 0 Å². The molecular formula is C15H23NO3. The SMILES string of the molecule is CCN(Cc1ccc(C(=O)OC)cc1)CC(C)(C)O. The van der Waals surface area contributed by atoms with Crippen molar-refractivity contribution in [2.75, 3.05) is 20.2 Å². The van der Waals surface area contributed by atoms with Crippen LogP contribution < -0.4 is 0 Å². The van der Waals surface area contributed by atoms with E-state index in [9.17, 15) is 9.90 Å². The Bertz CT molecular complexity index is 406. The lowest BCUT2D eigenvalue weighted by Crippen LogP contribution is -2.38. The molecule has 0 unspecified atom stereocenters. The molecule has 0 bridgehead atoms. The van der Waals surface area contributed by atoms with Gasteiger partial charge < -0.3 is 9.84 Å². The van der Waals surface area contributed by atoms with E-state index in [1.165, 1.54) is 7.11 Å². The summed E-state index contributed by atoms with van der Waals surface area (Å²) in [5.74, 6) is -0.324. The molecule has 0 aliphatic rings. The first-order chi connectivity index (χ1) is 8.85. The van der Waals surface area contributed by atoms with E-state index in [1.807, 2.05) is 12.1 Å². The number of likely N-dealkylation sites (N-methyl/N-ethyl adjacent to an activating group) is 1. The van der Waals surface area contributed by atoms with Gasteiger partial charge in [-0.15, -0.1) is 0 Å². The molecule has 1 N–H and O–H groups in total. The molecule has 4 heteroatoms. The second kappa shape index (κ2) is 6.68. The van der Waals surface area contributed by atoms with Crippen LogP contribution in [0.15, 0.2) is 24.3 Å². The van der Waals surface area contributed by atoms with Crippen LogP contribution in [-0.4, -0.2) is 41.8 Å². The van der Waals surface area contributed by atoms with Gasteiger partial charge in [0, 0.05) is 13.1 Å². The monoisotopic (exact) mass is 265 g/mol. The van der Waals surface area contributed by atoms with Gasteiger partial charge in [0.1, 0.15) is 0 Å². The van der Waals surface area contributed by atoms with E-state index in [2.05, 4.69) is 16.6 Å². The molecule has 0 aliphatic heterocycles. The molecule has 19 heavy (non-hydrogen) atoms. The largest absolute Gasteiger partial charge is 0.465 e. The lowest BCUT2D eigenvalue weighted by Gasteiger charge is -2.28. The molecule has 106 valence electrons. The van der Waals surface area contributed by atoms with Crippen LogP contribution in [0, 0.1) is 0 Å². The van der Waals surface area contributed by atoms with E-state index in [0.29, 0.717) is 12.1 Å². The third-order valence-corrected chi connectivity index (χ3v) is 2.84. The first kappa shape index (κ1) is 15.7. The maximum absolute atomic E-state index is 11.3. The number of esters is 1. The highest BCUT2D eigenvalue weighted by Gasteiger charge is 2.17. The number of methoxy groups -OCH3 is 1. The van der Waals surface area contributed by atoms with Gasteiger partial charge in [-0.25, -0.2) is 4.79 Å². The first-order valence-electron chi connectivity index (χ1n) is 6.47. The predicted octanol–water partition coefficient (Wildman–Crippen LogP) is 2.07. The van der Waals surface area contributed by atoms with Gasteiger partial charge in [0.2, 0.25) is 0 Å². The Kier molecular flexibility index (Phi) is 5.51. The zero-order chi connectivity index (χ0) is 14.5. The van der Waals surface area contributed by atoms with Crippen LogP contribution in [0.3, 0.4) is 0 Å². The van der Waals surface area contributed by atoms with Crippen molar-refractivity contribution in [3.63, 3.8) is 0 Å². The fraction of sp³-hybridized carbons (Fsp3) is 0.533. The molecule has 1 aromatic carbocycles. The van der Waals surface area contributed by atoms with Crippen molar-refractivity contribution in [2.24, 2.45) is 0 Å². The first-order valence-corrected chi connectivity index (χ1v) is 6.47. The highest BCUT2D eigenvalue weighted by Crippen LogP contribution is 2.11. The van der Waals surface area contributed by atoms with Gasteiger partial charge in [0.25, 0.3) is 0 Å². The predicted molar refractivity (Wildman–Crippen MR) is 75.0 cm³/mol. The third kappa shape index (κ3) is 5.41. The van der Waals surface area contributed by atoms with Crippen molar-refractivity contribution >= 4 is 5.97 Å². The standard InChI is InChI=1S/C15H23NO3/c1-5-16(11-15(2,3)18)10-12-6-8-13(9-7-12)14(17)19-4/h6-9,18H,5,10-11H2,1-4H3. The Morgan fingerprint density at radius 2 is 1.89 bits per heavy atom. The number of benzene rings is 1. The molecule has 0 spiro atoms. The van der Waals surface area contributed by atoms with E-state index in [4.69, 9.17) is 0 Å². The molecule has 0 saturated heterocycles. The van der Waals surface area contributed by atoms with Crippen LogP contribution in [-0.2, 0) is 11.3 Å². The van der Waals surface area contributed by atoms with Gasteiger partial charge in [-0.3, -0.25) is 4.90 Å². The van der Waals surface area contributed by atoms with Gasteiger partial charge in [-0.2, -0.15) is 0 Å². The smallest absolute Gasteiger partial charge is 0.337 e. The normalized spacial score (nSPS) is 11.7. The zero-order valence-electron chi connectivity index (χ0n) is 12.1. The number of carbonyl (C=O) groups excluding carboxylic acids is 1. The topological polar surface area (TPSA) is 49.8 Å². The molecule has 0 fully saturated rings. The summed E-state index contributed by atoms with van der Waals surface area (Å²) in [6.07, 6.45) is 0. The minimum absolute atomic E-state index is 0.324. The van der Waals surface area contributed by atoms with Crippen LogP contribution in [0.5, 0.6) is 0 Å². The van der Waals surface area contributed by atoms with Gasteiger partial charge >= 0.3 is 5.97 Å².